The number of anilines is 1. The van der Waals surface area contributed by atoms with E-state index in [0.717, 1.165) is 10.8 Å². The van der Waals surface area contributed by atoms with Crippen molar-refractivity contribution in [3.8, 4) is 5.88 Å². The quantitative estimate of drug-likeness (QED) is 0.735. The van der Waals surface area contributed by atoms with Gasteiger partial charge in [-0.3, -0.25) is 0 Å². The summed E-state index contributed by atoms with van der Waals surface area (Å²) in [5, 5.41) is 1.93. The summed E-state index contributed by atoms with van der Waals surface area (Å²) in [6.07, 6.45) is 1.71. The van der Waals surface area contributed by atoms with E-state index in [0.29, 0.717) is 11.6 Å². The maximum atomic E-state index is 5.81. The summed E-state index contributed by atoms with van der Waals surface area (Å²) < 4.78 is 5.12. The number of aromatic nitrogens is 1. The first-order valence-electron chi connectivity index (χ1n) is 4.00. The van der Waals surface area contributed by atoms with Gasteiger partial charge in [0.2, 0.25) is 5.88 Å². The fraction of sp³-hybridized carbons (Fsp3) is 0.100. The number of halogens is 1. The lowest BCUT2D eigenvalue weighted by Crippen LogP contribution is -1.92. The number of ether oxygens (including phenoxy) is 1. The summed E-state index contributed by atoms with van der Waals surface area (Å²) in [6.45, 7) is 0. The smallest absolute Gasteiger partial charge is 0.223 e. The fourth-order valence-electron chi connectivity index (χ4n) is 1.38. The van der Waals surface area contributed by atoms with Gasteiger partial charge < -0.3 is 10.5 Å². The van der Waals surface area contributed by atoms with Crippen LogP contribution in [0.3, 0.4) is 0 Å². The lowest BCUT2D eigenvalue weighted by molar-refractivity contribution is 0.403. The fourth-order valence-corrected chi connectivity index (χ4v) is 1.38. The van der Waals surface area contributed by atoms with Crippen LogP contribution in [0, 0.1) is 0 Å². The van der Waals surface area contributed by atoms with Gasteiger partial charge in [-0.15, -0.1) is 12.4 Å². The van der Waals surface area contributed by atoms with E-state index < -0.39 is 0 Å². The van der Waals surface area contributed by atoms with Gasteiger partial charge in [-0.1, -0.05) is 12.1 Å². The molecule has 14 heavy (non-hydrogen) atoms. The molecule has 1 heterocycles. The molecule has 0 saturated heterocycles. The van der Waals surface area contributed by atoms with Gasteiger partial charge in [0.25, 0.3) is 0 Å². The number of nitrogens with zero attached hydrogens (tertiary/aromatic N) is 1. The van der Waals surface area contributed by atoms with Gasteiger partial charge in [0, 0.05) is 11.9 Å². The maximum absolute atomic E-state index is 5.81. The Morgan fingerprint density at radius 1 is 1.29 bits per heavy atom. The Hall–Kier alpha value is -1.48. The second-order valence-corrected chi connectivity index (χ2v) is 2.77. The van der Waals surface area contributed by atoms with Crippen molar-refractivity contribution in [2.45, 2.75) is 0 Å². The van der Waals surface area contributed by atoms with Gasteiger partial charge >= 0.3 is 0 Å². The van der Waals surface area contributed by atoms with Crippen molar-refractivity contribution in [3.63, 3.8) is 0 Å². The molecule has 2 N–H and O–H groups in total. The van der Waals surface area contributed by atoms with Crippen molar-refractivity contribution in [1.29, 1.82) is 0 Å². The molecule has 74 valence electrons. The molecular formula is C10H11ClN2O. The Bertz CT molecular complexity index is 440. The third-order valence-corrected chi connectivity index (χ3v) is 1.98. The first-order valence-corrected chi connectivity index (χ1v) is 4.00. The van der Waals surface area contributed by atoms with E-state index in [-0.39, 0.29) is 12.4 Å². The van der Waals surface area contributed by atoms with E-state index >= 15 is 0 Å². The first-order chi connectivity index (χ1) is 6.33. The predicted octanol–water partition coefficient (Wildman–Crippen LogP) is 2.25. The number of fused-ring (bicyclic) bond motifs is 1. The van der Waals surface area contributed by atoms with Crippen molar-refractivity contribution < 1.29 is 4.74 Å². The SMILES string of the molecule is COc1nccc2cccc(N)c12.Cl. The Morgan fingerprint density at radius 3 is 2.79 bits per heavy atom. The summed E-state index contributed by atoms with van der Waals surface area (Å²) in [6, 6.07) is 7.65. The van der Waals surface area contributed by atoms with E-state index in [2.05, 4.69) is 4.98 Å². The van der Waals surface area contributed by atoms with Gasteiger partial charge in [-0.05, 0) is 17.5 Å². The number of hydrogen-bond acceptors (Lipinski definition) is 3. The minimum absolute atomic E-state index is 0. The van der Waals surface area contributed by atoms with E-state index in [4.69, 9.17) is 10.5 Å². The van der Waals surface area contributed by atoms with Gasteiger partial charge in [0.1, 0.15) is 0 Å². The van der Waals surface area contributed by atoms with Gasteiger partial charge in [0.05, 0.1) is 12.5 Å². The molecule has 4 heteroatoms. The molecule has 0 bridgehead atoms. The molecule has 1 aromatic heterocycles. The number of rotatable bonds is 1. The number of pyridine rings is 1. The maximum Gasteiger partial charge on any atom is 0.223 e. The van der Waals surface area contributed by atoms with Crippen LogP contribution >= 0.6 is 12.4 Å². The largest absolute Gasteiger partial charge is 0.480 e. The molecule has 0 aliphatic carbocycles. The number of hydrogen-bond donors (Lipinski definition) is 1. The van der Waals surface area contributed by atoms with Crippen LogP contribution in [-0.2, 0) is 0 Å². The summed E-state index contributed by atoms with van der Waals surface area (Å²) in [7, 11) is 1.59. The molecule has 1 aromatic carbocycles. The normalized spacial score (nSPS) is 9.50. The lowest BCUT2D eigenvalue weighted by atomic mass is 10.1. The Labute approximate surface area is 88.3 Å². The zero-order valence-electron chi connectivity index (χ0n) is 7.73. The molecule has 0 atom stereocenters. The highest BCUT2D eigenvalue weighted by Gasteiger charge is 2.04. The Morgan fingerprint density at radius 2 is 2.07 bits per heavy atom. The standard InChI is InChI=1S/C10H10N2O.ClH/c1-13-10-9-7(5-6-12-10)3-2-4-8(9)11;/h2-6H,11H2,1H3;1H. The molecule has 0 radical (unpaired) electrons. The zero-order chi connectivity index (χ0) is 9.26. The summed E-state index contributed by atoms with van der Waals surface area (Å²) in [5.41, 5.74) is 6.51. The molecule has 0 amide bonds. The van der Waals surface area contributed by atoms with Crippen LogP contribution in [-0.4, -0.2) is 12.1 Å². The third-order valence-electron chi connectivity index (χ3n) is 1.98. The molecular weight excluding hydrogens is 200 g/mol. The molecule has 0 spiro atoms. The summed E-state index contributed by atoms with van der Waals surface area (Å²) in [4.78, 5) is 4.08. The van der Waals surface area contributed by atoms with Crippen LogP contribution in [0.25, 0.3) is 10.8 Å². The second kappa shape index (κ2) is 4.15. The van der Waals surface area contributed by atoms with Gasteiger partial charge in [0.15, 0.2) is 0 Å². The Balaban J connectivity index is 0.000000980. The monoisotopic (exact) mass is 210 g/mol. The highest BCUT2D eigenvalue weighted by atomic mass is 35.5. The van der Waals surface area contributed by atoms with E-state index in [1.807, 2.05) is 24.3 Å². The molecule has 0 fully saturated rings. The minimum atomic E-state index is 0. The predicted molar refractivity (Wildman–Crippen MR) is 60.0 cm³/mol. The highest BCUT2D eigenvalue weighted by molar-refractivity contribution is 5.96. The van der Waals surface area contributed by atoms with Crippen LogP contribution < -0.4 is 10.5 Å². The second-order valence-electron chi connectivity index (χ2n) is 2.77. The van der Waals surface area contributed by atoms with Crippen LogP contribution in [0.1, 0.15) is 0 Å². The molecule has 0 aliphatic heterocycles. The molecule has 2 rings (SSSR count). The topological polar surface area (TPSA) is 48.1 Å². The lowest BCUT2D eigenvalue weighted by Gasteiger charge is -2.05. The van der Waals surface area contributed by atoms with E-state index in [1.54, 1.807) is 13.3 Å². The number of nitrogens with two attached hydrogens (primary N) is 1. The molecule has 2 aromatic rings. The third kappa shape index (κ3) is 1.59. The number of nitrogen functional groups attached to an aromatic ring is 1. The van der Waals surface area contributed by atoms with Crippen LogP contribution in [0.2, 0.25) is 0 Å². The number of benzene rings is 1. The van der Waals surface area contributed by atoms with E-state index in [1.165, 1.54) is 0 Å². The highest BCUT2D eigenvalue weighted by Crippen LogP contribution is 2.27. The van der Waals surface area contributed by atoms with Crippen LogP contribution in [0.5, 0.6) is 5.88 Å². The summed E-state index contributed by atoms with van der Waals surface area (Å²) >= 11 is 0. The zero-order valence-corrected chi connectivity index (χ0v) is 8.54. The van der Waals surface area contributed by atoms with Gasteiger partial charge in [-0.2, -0.15) is 0 Å². The molecule has 0 unspecified atom stereocenters. The van der Waals surface area contributed by atoms with Crippen molar-refractivity contribution in [3.05, 3.63) is 30.5 Å². The molecule has 3 nitrogen and oxygen atoms in total. The van der Waals surface area contributed by atoms with Crippen molar-refractivity contribution in [1.82, 2.24) is 4.98 Å². The minimum Gasteiger partial charge on any atom is -0.480 e. The summed E-state index contributed by atoms with van der Waals surface area (Å²) in [5.74, 6) is 0.579. The average molecular weight is 211 g/mol. The van der Waals surface area contributed by atoms with E-state index in [9.17, 15) is 0 Å². The van der Waals surface area contributed by atoms with Gasteiger partial charge in [-0.25, -0.2) is 4.98 Å². The Kier molecular flexibility index (Phi) is 3.14. The van der Waals surface area contributed by atoms with Crippen molar-refractivity contribution >= 4 is 28.9 Å². The first kappa shape index (κ1) is 10.6. The average Bonchev–Trinajstić information content (AvgIpc) is 2.17. The van der Waals surface area contributed by atoms with Crippen LogP contribution in [0.15, 0.2) is 30.5 Å². The molecule has 0 aliphatic rings. The van der Waals surface area contributed by atoms with Crippen molar-refractivity contribution in [2.24, 2.45) is 0 Å². The molecule has 0 saturated carbocycles. The van der Waals surface area contributed by atoms with Crippen LogP contribution in [0.4, 0.5) is 5.69 Å². The number of methoxy groups -OCH3 is 1. The van der Waals surface area contributed by atoms with Crippen molar-refractivity contribution in [2.75, 3.05) is 12.8 Å².